The fraction of sp³-hybridized carbons (Fsp3) is 0.400. The van der Waals surface area contributed by atoms with Gasteiger partial charge in [0.15, 0.2) is 11.5 Å². The lowest BCUT2D eigenvalue weighted by atomic mass is 10.1. The second-order valence-corrected chi connectivity index (χ2v) is 11.7. The van der Waals surface area contributed by atoms with E-state index in [9.17, 15) is 19.2 Å². The third-order valence-corrected chi connectivity index (χ3v) is 8.35. The van der Waals surface area contributed by atoms with Crippen molar-refractivity contribution < 1.29 is 33.4 Å². The van der Waals surface area contributed by atoms with Crippen LogP contribution >= 0.6 is 0 Å². The number of unbranched alkanes of at least 4 members (excludes halogenated alkanes) is 2. The molecule has 0 spiro atoms. The highest BCUT2D eigenvalue weighted by Crippen LogP contribution is 2.38. The largest absolute Gasteiger partial charge is 0.493 e. The molecule has 5 rings (SSSR count). The summed E-state index contributed by atoms with van der Waals surface area (Å²) in [5.74, 6) is 0.0476. The molecular formula is C35H41N5O7. The summed E-state index contributed by atoms with van der Waals surface area (Å²) in [5, 5.41) is 5.64. The summed E-state index contributed by atoms with van der Waals surface area (Å²) in [6.07, 6.45) is 10.2. The minimum atomic E-state index is -0.457. The van der Waals surface area contributed by atoms with Crippen molar-refractivity contribution in [2.24, 2.45) is 12.0 Å². The first-order valence-electron chi connectivity index (χ1n) is 15.9. The van der Waals surface area contributed by atoms with E-state index in [-0.39, 0.29) is 23.8 Å². The van der Waals surface area contributed by atoms with Gasteiger partial charge in [0.25, 0.3) is 11.8 Å². The van der Waals surface area contributed by atoms with Crippen LogP contribution in [0.25, 0.3) is 0 Å². The Bertz CT molecular complexity index is 1650. The Morgan fingerprint density at radius 3 is 2.51 bits per heavy atom. The number of esters is 1. The molecule has 1 unspecified atom stereocenters. The lowest BCUT2D eigenvalue weighted by Gasteiger charge is -2.26. The van der Waals surface area contributed by atoms with Gasteiger partial charge in [-0.2, -0.15) is 0 Å². The normalized spacial score (nSPS) is 15.5. The average Bonchev–Trinajstić information content (AvgIpc) is 3.21. The molecule has 2 aliphatic rings. The van der Waals surface area contributed by atoms with Crippen molar-refractivity contribution in [1.29, 1.82) is 0 Å². The Morgan fingerprint density at radius 2 is 1.74 bits per heavy atom. The number of methoxy groups -OCH3 is 2. The average molecular weight is 644 g/mol. The summed E-state index contributed by atoms with van der Waals surface area (Å²) in [4.78, 5) is 56.9. The van der Waals surface area contributed by atoms with E-state index >= 15 is 0 Å². The molecular weight excluding hydrogens is 602 g/mol. The number of hydrogen-bond acceptors (Lipinski definition) is 8. The first kappa shape index (κ1) is 33.2. The second kappa shape index (κ2) is 15.4. The van der Waals surface area contributed by atoms with Gasteiger partial charge >= 0.3 is 5.97 Å². The summed E-state index contributed by atoms with van der Waals surface area (Å²) >= 11 is 0. The van der Waals surface area contributed by atoms with Crippen molar-refractivity contribution in [2.75, 3.05) is 38.0 Å². The molecule has 1 aromatic heterocycles. The molecule has 3 heterocycles. The van der Waals surface area contributed by atoms with Gasteiger partial charge in [-0.25, -0.2) is 4.79 Å². The van der Waals surface area contributed by atoms with Crippen LogP contribution in [-0.2, 0) is 16.6 Å². The summed E-state index contributed by atoms with van der Waals surface area (Å²) < 4.78 is 17.9. The van der Waals surface area contributed by atoms with Crippen molar-refractivity contribution in [1.82, 2.24) is 9.47 Å². The van der Waals surface area contributed by atoms with E-state index in [1.807, 2.05) is 11.1 Å². The van der Waals surface area contributed by atoms with Crippen molar-refractivity contribution in [2.45, 2.75) is 57.4 Å². The Balaban J connectivity index is 1.06. The van der Waals surface area contributed by atoms with Gasteiger partial charge in [-0.15, -0.1) is 0 Å². The quantitative estimate of drug-likeness (QED) is 0.189. The maximum atomic E-state index is 13.3. The van der Waals surface area contributed by atoms with Crippen LogP contribution in [0.15, 0.2) is 53.7 Å². The highest BCUT2D eigenvalue weighted by Gasteiger charge is 2.30. The van der Waals surface area contributed by atoms with Gasteiger partial charge in [-0.3, -0.25) is 19.4 Å². The predicted molar refractivity (Wildman–Crippen MR) is 178 cm³/mol. The van der Waals surface area contributed by atoms with Gasteiger partial charge in [-0.05, 0) is 68.5 Å². The first-order valence-corrected chi connectivity index (χ1v) is 15.9. The van der Waals surface area contributed by atoms with Crippen LogP contribution in [0.3, 0.4) is 0 Å². The van der Waals surface area contributed by atoms with Gasteiger partial charge in [-0.1, -0.05) is 12.8 Å². The number of nitrogens with zero attached hydrogens (tertiary/aromatic N) is 3. The lowest BCUT2D eigenvalue weighted by molar-refractivity contribution is -0.116. The maximum Gasteiger partial charge on any atom is 0.337 e. The molecule has 3 amide bonds. The highest BCUT2D eigenvalue weighted by atomic mass is 16.5. The van der Waals surface area contributed by atoms with Crippen LogP contribution in [0.2, 0.25) is 0 Å². The van der Waals surface area contributed by atoms with Crippen molar-refractivity contribution in [3.05, 3.63) is 65.5 Å². The molecule has 47 heavy (non-hydrogen) atoms. The third-order valence-electron chi connectivity index (χ3n) is 8.35. The van der Waals surface area contributed by atoms with Crippen LogP contribution < -0.4 is 20.1 Å². The topological polar surface area (TPSA) is 141 Å². The molecule has 1 atom stereocenters. The molecule has 2 aliphatic heterocycles. The van der Waals surface area contributed by atoms with Crippen molar-refractivity contribution >= 4 is 47.0 Å². The standard InChI is InChI=1S/C35H41N5O7/c1-39-22-25(18-29(39)33(42)38-24-14-12-23(13-15-24)35(44)46-3)37-32(41)11-7-5-9-17-47-31-20-28-27(19-30(31)45-2)34(43)40-16-8-4-6-10-26(40)21-36-28/h12-15,18-22,26H,4-11,16-17H2,1-3H3,(H,37,41)(H,38,42). The minimum absolute atomic E-state index is 0.0125. The highest BCUT2D eigenvalue weighted by molar-refractivity contribution is 6.05. The number of benzene rings is 2. The number of aliphatic imine (C=N–C) groups is 1. The third kappa shape index (κ3) is 8.18. The number of anilines is 2. The van der Waals surface area contributed by atoms with Gasteiger partial charge in [0.2, 0.25) is 5.91 Å². The fourth-order valence-corrected chi connectivity index (χ4v) is 5.79. The Kier molecular flexibility index (Phi) is 10.9. The molecule has 12 nitrogen and oxygen atoms in total. The zero-order chi connectivity index (χ0) is 33.3. The molecule has 3 aromatic rings. The zero-order valence-electron chi connectivity index (χ0n) is 27.0. The number of carbonyl (C=O) groups is 4. The monoisotopic (exact) mass is 643 g/mol. The van der Waals surface area contributed by atoms with Crippen molar-refractivity contribution in [3.63, 3.8) is 0 Å². The Hall–Kier alpha value is -5.13. The van der Waals surface area contributed by atoms with E-state index in [1.54, 1.807) is 67.4 Å². The number of amides is 3. The molecule has 0 bridgehead atoms. The van der Waals surface area contributed by atoms with E-state index in [2.05, 4.69) is 15.6 Å². The summed E-state index contributed by atoms with van der Waals surface area (Å²) in [5.41, 5.74) is 2.91. The van der Waals surface area contributed by atoms with Crippen LogP contribution in [0.5, 0.6) is 11.5 Å². The van der Waals surface area contributed by atoms with E-state index in [0.29, 0.717) is 64.8 Å². The minimum Gasteiger partial charge on any atom is -0.493 e. The van der Waals surface area contributed by atoms with Crippen LogP contribution in [0.4, 0.5) is 17.1 Å². The molecule has 2 aromatic carbocycles. The molecule has 248 valence electrons. The summed E-state index contributed by atoms with van der Waals surface area (Å²) in [6, 6.07) is 11.5. The molecule has 0 aliphatic carbocycles. The molecule has 1 saturated heterocycles. The zero-order valence-corrected chi connectivity index (χ0v) is 27.0. The number of rotatable bonds is 12. The predicted octanol–water partition coefficient (Wildman–Crippen LogP) is 5.75. The van der Waals surface area contributed by atoms with Gasteiger partial charge < -0.3 is 34.3 Å². The van der Waals surface area contributed by atoms with E-state index in [4.69, 9.17) is 14.2 Å². The lowest BCUT2D eigenvalue weighted by Crippen LogP contribution is -2.40. The number of aromatic nitrogens is 1. The van der Waals surface area contributed by atoms with Gasteiger partial charge in [0, 0.05) is 44.2 Å². The van der Waals surface area contributed by atoms with Gasteiger partial charge in [0.1, 0.15) is 5.69 Å². The molecule has 2 N–H and O–H groups in total. The molecule has 0 radical (unpaired) electrons. The number of hydrogen-bond donors (Lipinski definition) is 2. The Labute approximate surface area is 274 Å². The van der Waals surface area contributed by atoms with Crippen LogP contribution in [0, 0.1) is 0 Å². The van der Waals surface area contributed by atoms with E-state index < -0.39 is 5.97 Å². The fourth-order valence-electron chi connectivity index (χ4n) is 5.79. The Morgan fingerprint density at radius 1 is 0.936 bits per heavy atom. The smallest absolute Gasteiger partial charge is 0.337 e. The van der Waals surface area contributed by atoms with Crippen LogP contribution in [-0.4, -0.2) is 72.8 Å². The van der Waals surface area contributed by atoms with E-state index in [0.717, 1.165) is 45.1 Å². The number of carbonyl (C=O) groups excluding carboxylic acids is 4. The summed E-state index contributed by atoms with van der Waals surface area (Å²) in [7, 11) is 4.58. The first-order chi connectivity index (χ1) is 22.8. The number of aryl methyl sites for hydroxylation is 1. The molecule has 12 heteroatoms. The maximum absolute atomic E-state index is 13.3. The van der Waals surface area contributed by atoms with Crippen LogP contribution in [0.1, 0.15) is 82.6 Å². The number of nitrogens with one attached hydrogen (secondary N) is 2. The van der Waals surface area contributed by atoms with Crippen molar-refractivity contribution in [3.8, 4) is 11.5 Å². The molecule has 0 saturated carbocycles. The summed E-state index contributed by atoms with van der Waals surface area (Å²) in [6.45, 7) is 1.15. The van der Waals surface area contributed by atoms with E-state index in [1.165, 1.54) is 7.11 Å². The number of ether oxygens (including phenoxy) is 3. The molecule has 1 fully saturated rings. The second-order valence-electron chi connectivity index (χ2n) is 11.7. The SMILES string of the molecule is COC(=O)c1ccc(NC(=O)c2cc(NC(=O)CCCCCOc3cc4c(cc3OC)C(=O)N3CCCCCC3C=N4)cn2C)cc1. The van der Waals surface area contributed by atoms with Gasteiger partial charge in [0.05, 0.1) is 49.4 Å². The number of fused-ring (bicyclic) bond motifs is 2.